The molecule has 3 rings (SSSR count). The number of halogens is 1. The fourth-order valence-electron chi connectivity index (χ4n) is 2.06. The summed E-state index contributed by atoms with van der Waals surface area (Å²) in [6.07, 6.45) is 6.12. The summed E-state index contributed by atoms with van der Waals surface area (Å²) < 4.78 is 15.0. The second kappa shape index (κ2) is 4.28. The van der Waals surface area contributed by atoms with E-state index < -0.39 is 5.82 Å². The summed E-state index contributed by atoms with van der Waals surface area (Å²) >= 11 is 0. The van der Waals surface area contributed by atoms with Gasteiger partial charge in [0.05, 0.1) is 18.1 Å². The first-order valence-electron chi connectivity index (χ1n) is 5.75. The second-order valence-corrected chi connectivity index (χ2v) is 4.20. The van der Waals surface area contributed by atoms with Gasteiger partial charge in [-0.05, 0) is 25.1 Å². The summed E-state index contributed by atoms with van der Waals surface area (Å²) in [4.78, 5) is 19.7. The normalized spacial score (nSPS) is 10.8. The van der Waals surface area contributed by atoms with Crippen LogP contribution in [0, 0.1) is 5.82 Å². The molecule has 0 spiro atoms. The molecule has 3 aromatic heterocycles. The van der Waals surface area contributed by atoms with E-state index in [9.17, 15) is 9.18 Å². The number of pyridine rings is 2. The highest BCUT2D eigenvalue weighted by Crippen LogP contribution is 2.24. The van der Waals surface area contributed by atoms with Gasteiger partial charge in [-0.2, -0.15) is 0 Å². The van der Waals surface area contributed by atoms with E-state index >= 15 is 0 Å². The molecule has 0 bridgehead atoms. The van der Waals surface area contributed by atoms with Crippen LogP contribution in [0.3, 0.4) is 0 Å². The number of nitrogens with zero attached hydrogens (tertiary/aromatic N) is 3. The molecule has 0 aliphatic carbocycles. The first-order chi connectivity index (χ1) is 9.16. The summed E-state index contributed by atoms with van der Waals surface area (Å²) in [6.45, 7) is 1.45. The Morgan fingerprint density at radius 2 is 2.21 bits per heavy atom. The third kappa shape index (κ3) is 1.89. The van der Waals surface area contributed by atoms with E-state index in [1.165, 1.54) is 13.0 Å². The molecule has 0 aromatic carbocycles. The molecule has 3 aromatic rings. The van der Waals surface area contributed by atoms with E-state index in [-0.39, 0.29) is 5.78 Å². The van der Waals surface area contributed by atoms with Crippen molar-refractivity contribution in [2.24, 2.45) is 0 Å². The fourth-order valence-corrected chi connectivity index (χ4v) is 2.06. The van der Waals surface area contributed by atoms with Crippen molar-refractivity contribution >= 4 is 16.8 Å². The van der Waals surface area contributed by atoms with E-state index in [0.29, 0.717) is 16.6 Å². The molecule has 0 aliphatic heterocycles. The first kappa shape index (κ1) is 11.5. The lowest BCUT2D eigenvalue weighted by Gasteiger charge is -2.02. The maximum atomic E-state index is 13.3. The van der Waals surface area contributed by atoms with Crippen LogP contribution < -0.4 is 0 Å². The zero-order chi connectivity index (χ0) is 13.4. The van der Waals surface area contributed by atoms with Crippen molar-refractivity contribution in [1.29, 1.82) is 0 Å². The smallest absolute Gasteiger partial charge is 0.162 e. The number of hydrogen-bond acceptors (Lipinski definition) is 3. The molecule has 0 radical (unpaired) electrons. The van der Waals surface area contributed by atoms with Crippen molar-refractivity contribution in [2.75, 3.05) is 0 Å². The molecule has 0 saturated carbocycles. The van der Waals surface area contributed by atoms with Crippen molar-refractivity contribution in [2.45, 2.75) is 6.92 Å². The standard InChI is InChI=1S/C14H10FN3O/c1-9(19)13-8-18(11-3-2-4-16-7-11)14-12(13)5-10(15)6-17-14/h2-8H,1H3. The molecular formula is C14H10FN3O. The van der Waals surface area contributed by atoms with E-state index in [4.69, 9.17) is 0 Å². The number of carbonyl (C=O) groups is 1. The van der Waals surface area contributed by atoms with Crippen molar-refractivity contribution < 1.29 is 9.18 Å². The number of Topliss-reactive ketones (excluding diaryl/α,β-unsaturated/α-hetero) is 1. The predicted molar refractivity (Wildman–Crippen MR) is 68.8 cm³/mol. The van der Waals surface area contributed by atoms with Gasteiger partial charge in [0, 0.05) is 23.3 Å². The minimum absolute atomic E-state index is 0.125. The molecule has 0 amide bonds. The highest BCUT2D eigenvalue weighted by Gasteiger charge is 2.14. The van der Waals surface area contributed by atoms with Crippen LogP contribution in [0.25, 0.3) is 16.7 Å². The van der Waals surface area contributed by atoms with Gasteiger partial charge in [0.1, 0.15) is 11.5 Å². The Hall–Kier alpha value is -2.56. The summed E-state index contributed by atoms with van der Waals surface area (Å²) in [7, 11) is 0. The minimum Gasteiger partial charge on any atom is -0.299 e. The number of aromatic nitrogens is 3. The molecule has 0 unspecified atom stereocenters. The number of rotatable bonds is 2. The van der Waals surface area contributed by atoms with Gasteiger partial charge >= 0.3 is 0 Å². The van der Waals surface area contributed by atoms with Gasteiger partial charge in [-0.1, -0.05) is 0 Å². The Kier molecular flexibility index (Phi) is 2.59. The van der Waals surface area contributed by atoms with Crippen molar-refractivity contribution in [3.8, 4) is 5.69 Å². The SMILES string of the molecule is CC(=O)c1cn(-c2cccnc2)c2ncc(F)cc12. The monoisotopic (exact) mass is 255 g/mol. The summed E-state index contributed by atoms with van der Waals surface area (Å²) in [5.74, 6) is -0.584. The molecule has 0 atom stereocenters. The number of hydrogen-bond donors (Lipinski definition) is 0. The molecule has 3 heterocycles. The third-order valence-corrected chi connectivity index (χ3v) is 2.91. The largest absolute Gasteiger partial charge is 0.299 e. The minimum atomic E-state index is -0.459. The zero-order valence-corrected chi connectivity index (χ0v) is 10.2. The Balaban J connectivity index is 2.35. The zero-order valence-electron chi connectivity index (χ0n) is 10.2. The van der Waals surface area contributed by atoms with Gasteiger partial charge in [0.25, 0.3) is 0 Å². The topological polar surface area (TPSA) is 47.8 Å². The van der Waals surface area contributed by atoms with Crippen LogP contribution in [0.15, 0.2) is 43.0 Å². The van der Waals surface area contributed by atoms with Crippen LogP contribution in [0.2, 0.25) is 0 Å². The average molecular weight is 255 g/mol. The van der Waals surface area contributed by atoms with Crippen LogP contribution in [0.5, 0.6) is 0 Å². The molecule has 19 heavy (non-hydrogen) atoms. The van der Waals surface area contributed by atoms with Crippen LogP contribution in [-0.4, -0.2) is 20.3 Å². The second-order valence-electron chi connectivity index (χ2n) is 4.20. The fraction of sp³-hybridized carbons (Fsp3) is 0.0714. The first-order valence-corrected chi connectivity index (χ1v) is 5.75. The molecule has 0 saturated heterocycles. The maximum Gasteiger partial charge on any atom is 0.162 e. The van der Waals surface area contributed by atoms with Crippen LogP contribution in [0.4, 0.5) is 4.39 Å². The van der Waals surface area contributed by atoms with Crippen molar-refractivity contribution in [1.82, 2.24) is 14.5 Å². The van der Waals surface area contributed by atoms with E-state index in [2.05, 4.69) is 9.97 Å². The molecule has 94 valence electrons. The van der Waals surface area contributed by atoms with Crippen LogP contribution >= 0.6 is 0 Å². The van der Waals surface area contributed by atoms with E-state index in [0.717, 1.165) is 11.9 Å². The maximum absolute atomic E-state index is 13.3. The van der Waals surface area contributed by atoms with Gasteiger partial charge in [-0.25, -0.2) is 9.37 Å². The Morgan fingerprint density at radius 3 is 2.89 bits per heavy atom. The van der Waals surface area contributed by atoms with Gasteiger partial charge in [0.2, 0.25) is 0 Å². The lowest BCUT2D eigenvalue weighted by Crippen LogP contribution is -1.94. The number of carbonyl (C=O) groups excluding carboxylic acids is 1. The molecule has 0 fully saturated rings. The molecule has 5 heteroatoms. The third-order valence-electron chi connectivity index (χ3n) is 2.91. The Bertz CT molecular complexity index is 765. The van der Waals surface area contributed by atoms with Gasteiger partial charge in [0.15, 0.2) is 5.78 Å². The highest BCUT2D eigenvalue weighted by molar-refractivity contribution is 6.06. The number of fused-ring (bicyclic) bond motifs is 1. The number of ketones is 1. The van der Waals surface area contributed by atoms with Crippen molar-refractivity contribution in [3.05, 3.63) is 54.4 Å². The highest BCUT2D eigenvalue weighted by atomic mass is 19.1. The molecule has 0 aliphatic rings. The van der Waals surface area contributed by atoms with Gasteiger partial charge in [-0.15, -0.1) is 0 Å². The van der Waals surface area contributed by atoms with Gasteiger partial charge < -0.3 is 0 Å². The predicted octanol–water partition coefficient (Wildman–Crippen LogP) is 2.76. The molecular weight excluding hydrogens is 245 g/mol. The average Bonchev–Trinajstić information content (AvgIpc) is 2.78. The molecule has 0 N–H and O–H groups in total. The van der Waals surface area contributed by atoms with Crippen molar-refractivity contribution in [3.63, 3.8) is 0 Å². The van der Waals surface area contributed by atoms with Crippen LogP contribution in [-0.2, 0) is 0 Å². The van der Waals surface area contributed by atoms with Crippen LogP contribution in [0.1, 0.15) is 17.3 Å². The lowest BCUT2D eigenvalue weighted by atomic mass is 10.1. The lowest BCUT2D eigenvalue weighted by molar-refractivity contribution is 0.101. The summed E-state index contributed by atoms with van der Waals surface area (Å²) in [5, 5.41) is 0.511. The molecule has 4 nitrogen and oxygen atoms in total. The van der Waals surface area contributed by atoms with Gasteiger partial charge in [-0.3, -0.25) is 14.3 Å². The van der Waals surface area contributed by atoms with E-state index in [1.807, 2.05) is 6.07 Å². The summed E-state index contributed by atoms with van der Waals surface area (Å²) in [6, 6.07) is 4.96. The summed E-state index contributed by atoms with van der Waals surface area (Å²) in [5.41, 5.74) is 1.77. The Labute approximate surface area is 108 Å². The Morgan fingerprint density at radius 1 is 1.37 bits per heavy atom. The quantitative estimate of drug-likeness (QED) is 0.661. The van der Waals surface area contributed by atoms with E-state index in [1.54, 1.807) is 29.2 Å².